The van der Waals surface area contributed by atoms with E-state index >= 15 is 0 Å². The Kier molecular flexibility index (Phi) is 7.41. The summed E-state index contributed by atoms with van der Waals surface area (Å²) in [4.78, 5) is 11.9. The van der Waals surface area contributed by atoms with E-state index in [1.807, 2.05) is 62.4 Å². The Balaban J connectivity index is 2.58. The van der Waals surface area contributed by atoms with E-state index < -0.39 is 4.92 Å². The second-order valence-electron chi connectivity index (χ2n) is 5.37. The van der Waals surface area contributed by atoms with E-state index in [9.17, 15) is 10.1 Å². The van der Waals surface area contributed by atoms with Gasteiger partial charge in [-0.25, -0.2) is 0 Å². The number of hydrogen-bond acceptors (Lipinski definition) is 4. The molecule has 0 radical (unpaired) electrons. The van der Waals surface area contributed by atoms with Gasteiger partial charge in [0.15, 0.2) is 10.1 Å². The summed E-state index contributed by atoms with van der Waals surface area (Å²) in [5.41, 5.74) is 2.37. The summed E-state index contributed by atoms with van der Waals surface area (Å²) in [7, 11) is 0. The smallest absolute Gasteiger partial charge is 0.320 e. The topological polar surface area (TPSA) is 55.2 Å². The van der Waals surface area contributed by atoms with Crippen molar-refractivity contribution in [2.75, 3.05) is 5.32 Å². The zero-order valence-electron chi connectivity index (χ0n) is 13.9. The number of hydrogen-bond donors (Lipinski definition) is 1. The van der Waals surface area contributed by atoms with E-state index in [4.69, 9.17) is 34.8 Å². The second kappa shape index (κ2) is 9.33. The minimum absolute atomic E-state index is 0.219. The molecule has 0 unspecified atom stereocenters. The van der Waals surface area contributed by atoms with Gasteiger partial charge in [0.1, 0.15) is 4.49 Å². The third kappa shape index (κ3) is 5.42. The van der Waals surface area contributed by atoms with E-state index in [-0.39, 0.29) is 20.2 Å². The minimum Gasteiger partial charge on any atom is -0.344 e. The molecule has 0 atom stereocenters. The number of rotatable bonds is 6. The van der Waals surface area contributed by atoms with Crippen LogP contribution in [0, 0.1) is 24.0 Å². The molecule has 0 aliphatic heterocycles. The molecule has 8 heteroatoms. The Hall–Kier alpha value is -1.66. The van der Waals surface area contributed by atoms with Crippen molar-refractivity contribution in [3.63, 3.8) is 0 Å². The summed E-state index contributed by atoms with van der Waals surface area (Å²) >= 11 is 18.6. The number of thioether (sulfide) groups is 1. The minimum atomic E-state index is -0.602. The van der Waals surface area contributed by atoms with Crippen LogP contribution in [0.5, 0.6) is 0 Å². The summed E-state index contributed by atoms with van der Waals surface area (Å²) in [6, 6.07) is 15.0. The third-order valence-corrected chi connectivity index (χ3v) is 5.31. The number of allylic oxidation sites excluding steroid dienone is 1. The van der Waals surface area contributed by atoms with E-state index in [1.54, 1.807) is 0 Å². The van der Waals surface area contributed by atoms with Gasteiger partial charge < -0.3 is 5.32 Å². The fraction of sp³-hybridized carbons (Fsp3) is 0.111. The van der Waals surface area contributed by atoms with Crippen molar-refractivity contribution in [3.05, 3.63) is 90.0 Å². The maximum absolute atomic E-state index is 11.7. The zero-order chi connectivity index (χ0) is 19.3. The third-order valence-electron chi connectivity index (χ3n) is 3.36. The van der Waals surface area contributed by atoms with E-state index in [0.717, 1.165) is 21.7 Å². The van der Waals surface area contributed by atoms with Crippen LogP contribution in [0.4, 0.5) is 5.69 Å². The van der Waals surface area contributed by atoms with E-state index in [0.29, 0.717) is 0 Å². The first-order valence-corrected chi connectivity index (χ1v) is 9.41. The molecule has 26 heavy (non-hydrogen) atoms. The first-order chi connectivity index (χ1) is 12.3. The number of nitrogens with zero attached hydrogens (tertiary/aromatic N) is 1. The average molecular weight is 430 g/mol. The maximum atomic E-state index is 11.7. The predicted molar refractivity (Wildman–Crippen MR) is 110 cm³/mol. The van der Waals surface area contributed by atoms with Crippen LogP contribution in [-0.2, 0) is 0 Å². The fourth-order valence-electron chi connectivity index (χ4n) is 2.17. The highest BCUT2D eigenvalue weighted by molar-refractivity contribution is 8.03. The Morgan fingerprint density at radius 3 is 2.27 bits per heavy atom. The molecule has 0 heterocycles. The van der Waals surface area contributed by atoms with Gasteiger partial charge >= 0.3 is 5.70 Å². The lowest BCUT2D eigenvalue weighted by Crippen LogP contribution is -2.09. The number of nitrogens with one attached hydrogen (secondary N) is 1. The van der Waals surface area contributed by atoms with Crippen molar-refractivity contribution >= 4 is 52.3 Å². The van der Waals surface area contributed by atoms with Crippen LogP contribution in [0.15, 0.2) is 73.7 Å². The molecule has 4 nitrogen and oxygen atoms in total. The molecule has 0 saturated carbocycles. The Bertz CT molecular complexity index is 879. The molecule has 0 amide bonds. The second-order valence-corrected chi connectivity index (χ2v) is 7.78. The van der Waals surface area contributed by atoms with Crippen LogP contribution in [-0.4, -0.2) is 4.92 Å². The summed E-state index contributed by atoms with van der Waals surface area (Å²) in [5.74, 6) is 0. The summed E-state index contributed by atoms with van der Waals surface area (Å²) in [6.45, 7) is 3.89. The highest BCUT2D eigenvalue weighted by atomic mass is 35.5. The number of halogens is 3. The van der Waals surface area contributed by atoms with Crippen molar-refractivity contribution < 1.29 is 4.92 Å². The molecule has 136 valence electrons. The lowest BCUT2D eigenvalue weighted by atomic mass is 10.1. The average Bonchev–Trinajstić information content (AvgIpc) is 2.57. The van der Waals surface area contributed by atoms with Crippen molar-refractivity contribution in [3.8, 4) is 0 Å². The molecular formula is C18H15Cl3N2O2S. The highest BCUT2D eigenvalue weighted by Gasteiger charge is 2.26. The summed E-state index contributed by atoms with van der Waals surface area (Å²) in [6.07, 6.45) is 0. The number of nitro groups is 1. The van der Waals surface area contributed by atoms with Crippen molar-refractivity contribution in [1.82, 2.24) is 0 Å². The molecule has 0 spiro atoms. The molecule has 2 aromatic carbocycles. The molecule has 0 saturated heterocycles. The molecule has 0 fully saturated rings. The first kappa shape index (κ1) is 20.6. The normalized spacial score (nSPS) is 11.6. The largest absolute Gasteiger partial charge is 0.344 e. The fourth-order valence-corrected chi connectivity index (χ4v) is 3.53. The molecule has 0 aliphatic rings. The Morgan fingerprint density at radius 1 is 1.08 bits per heavy atom. The quantitative estimate of drug-likeness (QED) is 0.236. The van der Waals surface area contributed by atoms with Gasteiger partial charge in [-0.15, -0.1) is 0 Å². The molecule has 0 aromatic heterocycles. The molecule has 2 rings (SSSR count). The maximum Gasteiger partial charge on any atom is 0.320 e. The van der Waals surface area contributed by atoms with Crippen molar-refractivity contribution in [1.29, 1.82) is 0 Å². The van der Waals surface area contributed by atoms with E-state index in [2.05, 4.69) is 5.32 Å². The van der Waals surface area contributed by atoms with Gasteiger partial charge in [0, 0.05) is 10.6 Å². The molecule has 2 aromatic rings. The van der Waals surface area contributed by atoms with Gasteiger partial charge in [0.2, 0.25) is 0 Å². The Labute approximate surface area is 171 Å². The SMILES string of the molecule is Cc1ccc(NC(Sc2ccccc2)=C(C(Cl)=C(Cl)Cl)[N+](=O)[O-])c(C)c1. The van der Waals surface area contributed by atoms with Crippen LogP contribution in [0.2, 0.25) is 0 Å². The van der Waals surface area contributed by atoms with Gasteiger partial charge in [-0.05, 0) is 37.6 Å². The first-order valence-electron chi connectivity index (χ1n) is 7.46. The predicted octanol–water partition coefficient (Wildman–Crippen LogP) is 6.84. The lowest BCUT2D eigenvalue weighted by Gasteiger charge is -2.14. The monoisotopic (exact) mass is 428 g/mol. The number of benzene rings is 2. The Morgan fingerprint density at radius 2 is 1.73 bits per heavy atom. The van der Waals surface area contributed by atoms with Gasteiger partial charge in [0.25, 0.3) is 0 Å². The molecular weight excluding hydrogens is 415 g/mol. The van der Waals surface area contributed by atoms with Crippen LogP contribution in [0.3, 0.4) is 0 Å². The van der Waals surface area contributed by atoms with Crippen LogP contribution < -0.4 is 5.32 Å². The van der Waals surface area contributed by atoms with Crippen LogP contribution in [0.25, 0.3) is 0 Å². The van der Waals surface area contributed by atoms with E-state index in [1.165, 1.54) is 11.8 Å². The summed E-state index contributed by atoms with van der Waals surface area (Å²) < 4.78 is -0.369. The van der Waals surface area contributed by atoms with Gasteiger partial charge in [-0.3, -0.25) is 10.1 Å². The van der Waals surface area contributed by atoms with Crippen molar-refractivity contribution in [2.24, 2.45) is 0 Å². The number of aryl methyl sites for hydroxylation is 2. The molecule has 0 bridgehead atoms. The lowest BCUT2D eigenvalue weighted by molar-refractivity contribution is -0.420. The summed E-state index contributed by atoms with van der Waals surface area (Å²) in [5, 5.41) is 14.7. The van der Waals surface area contributed by atoms with Gasteiger partial charge in [0.05, 0.1) is 4.92 Å². The molecule has 1 N–H and O–H groups in total. The molecule has 0 aliphatic carbocycles. The van der Waals surface area contributed by atoms with Crippen molar-refractivity contribution in [2.45, 2.75) is 18.7 Å². The number of anilines is 1. The van der Waals surface area contributed by atoms with Crippen LogP contribution in [0.1, 0.15) is 11.1 Å². The van der Waals surface area contributed by atoms with Gasteiger partial charge in [-0.2, -0.15) is 0 Å². The van der Waals surface area contributed by atoms with Crippen LogP contribution >= 0.6 is 46.6 Å². The highest BCUT2D eigenvalue weighted by Crippen LogP contribution is 2.36. The van der Waals surface area contributed by atoms with Gasteiger partial charge in [-0.1, -0.05) is 82.5 Å². The zero-order valence-corrected chi connectivity index (χ0v) is 17.0. The standard InChI is InChI=1S/C18H15Cl3N2O2S/c1-11-8-9-14(12(2)10-11)22-18(26-13-6-4-3-5-7-13)16(23(24)25)15(19)17(20)21/h3-10,22H,1-2H3.